The van der Waals surface area contributed by atoms with Crippen LogP contribution in [0.3, 0.4) is 0 Å². The second kappa shape index (κ2) is 4.56. The summed E-state index contributed by atoms with van der Waals surface area (Å²) in [7, 11) is 0. The van der Waals surface area contributed by atoms with E-state index in [1.54, 1.807) is 0 Å². The van der Waals surface area contributed by atoms with Crippen LogP contribution in [-0.2, 0) is 10.2 Å². The van der Waals surface area contributed by atoms with Crippen molar-refractivity contribution in [2.24, 2.45) is 0 Å². The minimum atomic E-state index is -1.08. The van der Waals surface area contributed by atoms with Gasteiger partial charge in [0.2, 0.25) is 0 Å². The first kappa shape index (κ1) is 12.6. The third kappa shape index (κ3) is 2.99. The number of rotatable bonds is 3. The van der Waals surface area contributed by atoms with Crippen molar-refractivity contribution in [3.8, 4) is 0 Å². The van der Waals surface area contributed by atoms with Gasteiger partial charge in [0.05, 0.1) is 5.69 Å². The van der Waals surface area contributed by atoms with E-state index in [-0.39, 0.29) is 5.41 Å². The average Bonchev–Trinajstić information content (AvgIpc) is 2.61. The van der Waals surface area contributed by atoms with Crippen LogP contribution in [0.2, 0.25) is 0 Å². The van der Waals surface area contributed by atoms with Crippen molar-refractivity contribution in [2.45, 2.75) is 26.2 Å². The number of carbonyl (C=O) groups is 2. The molecule has 0 spiro atoms. The number of carboxylic acid groups (broad SMARTS) is 1. The van der Waals surface area contributed by atoms with E-state index >= 15 is 0 Å². The molecular weight excluding hydrogens is 230 g/mol. The fourth-order valence-corrected chi connectivity index (χ4v) is 1.86. The molecule has 1 amide bonds. The second-order valence-corrected chi connectivity index (χ2v) is 5.03. The number of nitrogens with one attached hydrogen (secondary N) is 1. The first-order chi connectivity index (χ1) is 7.32. The molecule has 0 saturated carbocycles. The van der Waals surface area contributed by atoms with Gasteiger partial charge in [-0.05, 0) is 11.5 Å². The largest absolute Gasteiger partial charge is 0.480 e. The maximum Gasteiger partial charge on any atom is 0.322 e. The number of hydrogen-bond acceptors (Lipinski definition) is 5. The van der Waals surface area contributed by atoms with Crippen molar-refractivity contribution >= 4 is 23.4 Å². The highest BCUT2D eigenvalue weighted by Gasteiger charge is 2.26. The number of hydrogen-bond donors (Lipinski definition) is 2. The summed E-state index contributed by atoms with van der Waals surface area (Å²) in [6.45, 7) is 5.34. The fourth-order valence-electron chi connectivity index (χ4n) is 1.07. The van der Waals surface area contributed by atoms with Crippen molar-refractivity contribution in [1.29, 1.82) is 0 Å². The van der Waals surface area contributed by atoms with Crippen LogP contribution < -0.4 is 5.32 Å². The van der Waals surface area contributed by atoms with Gasteiger partial charge in [0.25, 0.3) is 5.91 Å². The second-order valence-electron chi connectivity index (χ2n) is 4.28. The van der Waals surface area contributed by atoms with Crippen LogP contribution in [0.25, 0.3) is 0 Å². The molecule has 0 aliphatic rings. The van der Waals surface area contributed by atoms with E-state index in [1.165, 1.54) is 0 Å². The molecule has 0 aromatic carbocycles. The number of aliphatic carboxylic acids is 1. The van der Waals surface area contributed by atoms with Gasteiger partial charge in [0.15, 0.2) is 0 Å². The van der Waals surface area contributed by atoms with E-state index < -0.39 is 18.4 Å². The van der Waals surface area contributed by atoms with Crippen LogP contribution in [0, 0.1) is 0 Å². The molecule has 2 N–H and O–H groups in total. The van der Waals surface area contributed by atoms with Gasteiger partial charge in [-0.2, -0.15) is 0 Å². The quantitative estimate of drug-likeness (QED) is 0.813. The molecule has 16 heavy (non-hydrogen) atoms. The summed E-state index contributed by atoms with van der Waals surface area (Å²) < 4.78 is 3.72. The zero-order chi connectivity index (χ0) is 12.3. The molecule has 0 saturated heterocycles. The summed E-state index contributed by atoms with van der Waals surface area (Å²) >= 11 is 0.970. The average molecular weight is 243 g/mol. The standard InChI is InChI=1S/C9H13N3O3S/c1-9(2,3)7-6(16-12-11-7)8(15)10-4-5(13)14/h4H2,1-3H3,(H,10,15)(H,13,14). The van der Waals surface area contributed by atoms with Crippen LogP contribution in [-0.4, -0.2) is 33.1 Å². The molecule has 0 fully saturated rings. The number of carbonyl (C=O) groups excluding carboxylic acids is 1. The van der Waals surface area contributed by atoms with Crippen molar-refractivity contribution in [1.82, 2.24) is 14.9 Å². The van der Waals surface area contributed by atoms with Crippen LogP contribution in [0.4, 0.5) is 0 Å². The number of aromatic nitrogens is 2. The Kier molecular flexibility index (Phi) is 3.58. The van der Waals surface area contributed by atoms with Gasteiger partial charge in [-0.15, -0.1) is 5.10 Å². The highest BCUT2D eigenvalue weighted by Crippen LogP contribution is 2.25. The molecule has 0 aliphatic carbocycles. The van der Waals surface area contributed by atoms with Gasteiger partial charge in [-0.25, -0.2) is 0 Å². The summed E-state index contributed by atoms with van der Waals surface area (Å²) in [5.41, 5.74) is 0.295. The number of amides is 1. The van der Waals surface area contributed by atoms with Gasteiger partial charge < -0.3 is 10.4 Å². The van der Waals surface area contributed by atoms with E-state index in [0.717, 1.165) is 11.5 Å². The molecule has 0 aliphatic heterocycles. The predicted octanol–water partition coefficient (Wildman–Crippen LogP) is 0.650. The highest BCUT2D eigenvalue weighted by atomic mass is 32.1. The van der Waals surface area contributed by atoms with Crippen LogP contribution >= 0.6 is 11.5 Å². The minimum Gasteiger partial charge on any atom is -0.480 e. The molecule has 7 heteroatoms. The Labute approximate surface area is 96.8 Å². The third-order valence-corrected chi connectivity index (χ3v) is 2.53. The van der Waals surface area contributed by atoms with Crippen LogP contribution in [0.1, 0.15) is 36.1 Å². The van der Waals surface area contributed by atoms with Crippen molar-refractivity contribution in [3.05, 3.63) is 10.6 Å². The van der Waals surface area contributed by atoms with Gasteiger partial charge in [0, 0.05) is 5.41 Å². The monoisotopic (exact) mass is 243 g/mol. The van der Waals surface area contributed by atoms with E-state index in [2.05, 4.69) is 14.9 Å². The zero-order valence-corrected chi connectivity index (χ0v) is 10.1. The normalized spacial score (nSPS) is 11.2. The molecule has 0 unspecified atom stereocenters. The molecular formula is C9H13N3O3S. The lowest BCUT2D eigenvalue weighted by molar-refractivity contribution is -0.135. The third-order valence-electron chi connectivity index (χ3n) is 1.80. The van der Waals surface area contributed by atoms with Crippen molar-refractivity contribution in [2.75, 3.05) is 6.54 Å². The van der Waals surface area contributed by atoms with Crippen LogP contribution in [0.5, 0.6) is 0 Å². The first-order valence-corrected chi connectivity index (χ1v) is 5.42. The van der Waals surface area contributed by atoms with Gasteiger partial charge in [0.1, 0.15) is 11.4 Å². The number of nitrogens with zero attached hydrogens (tertiary/aromatic N) is 2. The van der Waals surface area contributed by atoms with Crippen molar-refractivity contribution in [3.63, 3.8) is 0 Å². The fraction of sp³-hybridized carbons (Fsp3) is 0.556. The van der Waals surface area contributed by atoms with E-state index in [4.69, 9.17) is 5.11 Å². The lowest BCUT2D eigenvalue weighted by Crippen LogP contribution is -2.30. The first-order valence-electron chi connectivity index (χ1n) is 4.65. The van der Waals surface area contributed by atoms with Crippen molar-refractivity contribution < 1.29 is 14.7 Å². The maximum atomic E-state index is 11.6. The Morgan fingerprint density at radius 1 is 1.44 bits per heavy atom. The molecule has 0 atom stereocenters. The Balaban J connectivity index is 2.84. The molecule has 0 radical (unpaired) electrons. The summed E-state index contributed by atoms with van der Waals surface area (Å²) in [6.07, 6.45) is 0. The predicted molar refractivity (Wildman–Crippen MR) is 58.6 cm³/mol. The van der Waals surface area contributed by atoms with Gasteiger partial charge >= 0.3 is 5.97 Å². The van der Waals surface area contributed by atoms with E-state index in [0.29, 0.717) is 10.6 Å². The van der Waals surface area contributed by atoms with E-state index in [1.807, 2.05) is 20.8 Å². The number of carboxylic acids is 1. The minimum absolute atomic E-state index is 0.289. The Bertz CT molecular complexity index is 408. The Morgan fingerprint density at radius 3 is 2.56 bits per heavy atom. The smallest absolute Gasteiger partial charge is 0.322 e. The maximum absolute atomic E-state index is 11.6. The Hall–Kier alpha value is -1.50. The molecule has 6 nitrogen and oxygen atoms in total. The highest BCUT2D eigenvalue weighted by molar-refractivity contribution is 7.08. The van der Waals surface area contributed by atoms with Gasteiger partial charge in [-0.3, -0.25) is 9.59 Å². The molecule has 1 aromatic rings. The summed E-state index contributed by atoms with van der Waals surface area (Å²) in [5, 5.41) is 14.6. The topological polar surface area (TPSA) is 92.2 Å². The lowest BCUT2D eigenvalue weighted by Gasteiger charge is -2.15. The van der Waals surface area contributed by atoms with E-state index in [9.17, 15) is 9.59 Å². The summed E-state index contributed by atoms with van der Waals surface area (Å²) in [5.74, 6) is -1.52. The zero-order valence-electron chi connectivity index (χ0n) is 9.27. The van der Waals surface area contributed by atoms with Gasteiger partial charge in [-0.1, -0.05) is 25.3 Å². The summed E-state index contributed by atoms with van der Waals surface area (Å²) in [4.78, 5) is 22.3. The SMILES string of the molecule is CC(C)(C)c1nnsc1C(=O)NCC(=O)O. The molecule has 0 bridgehead atoms. The molecule has 1 aromatic heterocycles. The molecule has 1 heterocycles. The molecule has 88 valence electrons. The van der Waals surface area contributed by atoms with Crippen LogP contribution in [0.15, 0.2) is 0 Å². The molecule has 1 rings (SSSR count). The Morgan fingerprint density at radius 2 is 2.06 bits per heavy atom. The summed E-state index contributed by atoms with van der Waals surface area (Å²) in [6, 6.07) is 0. The lowest BCUT2D eigenvalue weighted by atomic mass is 9.91.